The van der Waals surface area contributed by atoms with Gasteiger partial charge >= 0.3 is 11.9 Å². The highest BCUT2D eigenvalue weighted by Crippen LogP contribution is 2.25. The molecule has 0 fully saturated rings. The minimum absolute atomic E-state index is 0.227. The predicted octanol–water partition coefficient (Wildman–Crippen LogP) is 1.99. The first kappa shape index (κ1) is 18.7. The molecular weight excluding hydrogens is 326 g/mol. The van der Waals surface area contributed by atoms with Crippen LogP contribution in [-0.2, 0) is 16.0 Å². The first-order valence-electron chi connectivity index (χ1n) is 7.74. The lowest BCUT2D eigenvalue weighted by atomic mass is 10.0. The molecule has 0 spiro atoms. The third-order valence-electron chi connectivity index (χ3n) is 3.46. The number of aliphatic hydroxyl groups is 1. The molecule has 2 rings (SSSR count). The van der Waals surface area contributed by atoms with Gasteiger partial charge in [0.05, 0.1) is 38.0 Å². The monoisotopic (exact) mass is 347 g/mol. The van der Waals surface area contributed by atoms with E-state index in [4.69, 9.17) is 13.9 Å². The van der Waals surface area contributed by atoms with Crippen LogP contribution >= 0.6 is 0 Å². The van der Waals surface area contributed by atoms with E-state index in [1.54, 1.807) is 31.2 Å². The maximum absolute atomic E-state index is 11.8. The smallest absolute Gasteiger partial charge is 0.337 e. The highest BCUT2D eigenvalue weighted by molar-refractivity contribution is 5.97. The standard InChI is InChI=1S/C18H21NO6/c1-11(20)9-19-10-15-4-5-16(25-15)12-6-13(17(21)23-2)8-14(7-12)18(22)24-3/h4-8,11,19-20H,9-10H2,1-3H3/t11-/m1/s1. The molecule has 1 aromatic heterocycles. The van der Waals surface area contributed by atoms with E-state index in [-0.39, 0.29) is 11.1 Å². The molecule has 0 saturated heterocycles. The summed E-state index contributed by atoms with van der Waals surface area (Å²) in [6.07, 6.45) is -0.450. The minimum atomic E-state index is -0.558. The number of aliphatic hydroxyl groups excluding tert-OH is 1. The Morgan fingerprint density at radius 2 is 1.72 bits per heavy atom. The highest BCUT2D eigenvalue weighted by Gasteiger charge is 2.16. The Morgan fingerprint density at radius 3 is 2.24 bits per heavy atom. The highest BCUT2D eigenvalue weighted by atomic mass is 16.5. The molecule has 1 aromatic carbocycles. The van der Waals surface area contributed by atoms with Gasteiger partial charge in [-0.25, -0.2) is 9.59 Å². The fourth-order valence-corrected chi connectivity index (χ4v) is 2.27. The van der Waals surface area contributed by atoms with Crippen molar-refractivity contribution in [3.63, 3.8) is 0 Å². The average molecular weight is 347 g/mol. The number of furan rings is 1. The Kier molecular flexibility index (Phi) is 6.32. The van der Waals surface area contributed by atoms with Gasteiger partial charge in [-0.3, -0.25) is 0 Å². The molecule has 0 aliphatic heterocycles. The molecule has 1 atom stereocenters. The van der Waals surface area contributed by atoms with E-state index in [2.05, 4.69) is 5.32 Å². The molecule has 7 nitrogen and oxygen atoms in total. The van der Waals surface area contributed by atoms with Crippen LogP contribution in [0.5, 0.6) is 0 Å². The van der Waals surface area contributed by atoms with E-state index in [9.17, 15) is 14.7 Å². The number of nitrogens with one attached hydrogen (secondary N) is 1. The molecular formula is C18H21NO6. The van der Waals surface area contributed by atoms with Gasteiger partial charge in [0, 0.05) is 12.1 Å². The average Bonchev–Trinajstić information content (AvgIpc) is 3.08. The zero-order valence-corrected chi connectivity index (χ0v) is 14.4. The van der Waals surface area contributed by atoms with E-state index in [0.717, 1.165) is 0 Å². The molecule has 0 amide bonds. The second-order valence-corrected chi connectivity index (χ2v) is 5.53. The van der Waals surface area contributed by atoms with E-state index in [1.807, 2.05) is 0 Å². The van der Waals surface area contributed by atoms with Crippen LogP contribution in [0.1, 0.15) is 33.4 Å². The summed E-state index contributed by atoms with van der Waals surface area (Å²) in [6, 6.07) is 8.12. The van der Waals surface area contributed by atoms with Crippen LogP contribution < -0.4 is 5.32 Å². The maximum Gasteiger partial charge on any atom is 0.337 e. The summed E-state index contributed by atoms with van der Waals surface area (Å²) < 4.78 is 15.2. The van der Waals surface area contributed by atoms with Crippen LogP contribution in [0.2, 0.25) is 0 Å². The van der Waals surface area contributed by atoms with Crippen molar-refractivity contribution in [1.82, 2.24) is 5.32 Å². The van der Waals surface area contributed by atoms with Gasteiger partial charge in [-0.2, -0.15) is 0 Å². The number of ether oxygens (including phenoxy) is 2. The summed E-state index contributed by atoms with van der Waals surface area (Å²) in [5.74, 6) is 0.0539. The first-order valence-corrected chi connectivity index (χ1v) is 7.74. The Hall–Kier alpha value is -2.64. The van der Waals surface area contributed by atoms with Crippen molar-refractivity contribution in [2.75, 3.05) is 20.8 Å². The molecule has 2 N–H and O–H groups in total. The fourth-order valence-electron chi connectivity index (χ4n) is 2.27. The van der Waals surface area contributed by atoms with E-state index >= 15 is 0 Å². The van der Waals surface area contributed by atoms with Crippen LogP contribution in [0.3, 0.4) is 0 Å². The van der Waals surface area contributed by atoms with Gasteiger partial charge in [-0.1, -0.05) is 0 Å². The zero-order valence-electron chi connectivity index (χ0n) is 14.4. The summed E-state index contributed by atoms with van der Waals surface area (Å²) in [6.45, 7) is 2.58. The topological polar surface area (TPSA) is 98.0 Å². The van der Waals surface area contributed by atoms with Crippen molar-refractivity contribution in [2.24, 2.45) is 0 Å². The number of methoxy groups -OCH3 is 2. The van der Waals surface area contributed by atoms with Gasteiger partial charge in [-0.15, -0.1) is 0 Å². The van der Waals surface area contributed by atoms with Crippen LogP contribution in [0, 0.1) is 0 Å². The van der Waals surface area contributed by atoms with E-state index in [1.165, 1.54) is 20.3 Å². The van der Waals surface area contributed by atoms with Gasteiger partial charge in [-0.05, 0) is 37.3 Å². The molecule has 25 heavy (non-hydrogen) atoms. The number of hydrogen-bond acceptors (Lipinski definition) is 7. The van der Waals surface area contributed by atoms with Crippen molar-refractivity contribution < 1.29 is 28.6 Å². The predicted molar refractivity (Wildman–Crippen MR) is 90.2 cm³/mol. The third kappa shape index (κ3) is 4.91. The van der Waals surface area contributed by atoms with Crippen molar-refractivity contribution in [1.29, 1.82) is 0 Å². The largest absolute Gasteiger partial charge is 0.465 e. The summed E-state index contributed by atoms with van der Waals surface area (Å²) >= 11 is 0. The fraction of sp³-hybridized carbons (Fsp3) is 0.333. The molecule has 2 aromatic rings. The molecule has 7 heteroatoms. The number of carbonyl (C=O) groups excluding carboxylic acids is 2. The van der Waals surface area contributed by atoms with E-state index < -0.39 is 18.0 Å². The Balaban J connectivity index is 2.29. The quantitative estimate of drug-likeness (QED) is 0.739. The number of esters is 2. The molecule has 134 valence electrons. The van der Waals surface area contributed by atoms with Crippen molar-refractivity contribution in [3.8, 4) is 11.3 Å². The second kappa shape index (κ2) is 8.46. The lowest BCUT2D eigenvalue weighted by Gasteiger charge is -2.07. The molecule has 0 saturated carbocycles. The molecule has 0 aliphatic rings. The summed E-state index contributed by atoms with van der Waals surface area (Å²) in [4.78, 5) is 23.7. The zero-order chi connectivity index (χ0) is 18.4. The molecule has 0 radical (unpaired) electrons. The second-order valence-electron chi connectivity index (χ2n) is 5.53. The summed E-state index contributed by atoms with van der Waals surface area (Å²) in [5, 5.41) is 12.3. The maximum atomic E-state index is 11.8. The van der Waals surface area contributed by atoms with Crippen molar-refractivity contribution >= 4 is 11.9 Å². The minimum Gasteiger partial charge on any atom is -0.465 e. The summed E-state index contributed by atoms with van der Waals surface area (Å²) in [7, 11) is 2.54. The lowest BCUT2D eigenvalue weighted by Crippen LogP contribution is -2.23. The van der Waals surface area contributed by atoms with Crippen molar-refractivity contribution in [2.45, 2.75) is 19.6 Å². The third-order valence-corrected chi connectivity index (χ3v) is 3.46. The molecule has 0 unspecified atom stereocenters. The number of hydrogen-bond donors (Lipinski definition) is 2. The SMILES string of the molecule is COC(=O)c1cc(C(=O)OC)cc(-c2ccc(CNC[C@@H](C)O)o2)c1. The van der Waals surface area contributed by atoms with E-state index in [0.29, 0.717) is 30.2 Å². The van der Waals surface area contributed by atoms with Crippen LogP contribution in [0.15, 0.2) is 34.7 Å². The van der Waals surface area contributed by atoms with Gasteiger partial charge in [0.15, 0.2) is 0 Å². The number of benzene rings is 1. The normalized spacial score (nSPS) is 11.8. The Bertz CT molecular complexity index is 716. The lowest BCUT2D eigenvalue weighted by molar-refractivity contribution is 0.0599. The number of rotatable bonds is 7. The summed E-state index contributed by atoms with van der Waals surface area (Å²) in [5.41, 5.74) is 1.02. The Labute approximate surface area is 145 Å². The first-order chi connectivity index (χ1) is 11.9. The molecule has 1 heterocycles. The van der Waals surface area contributed by atoms with Gasteiger partial charge in [0.25, 0.3) is 0 Å². The van der Waals surface area contributed by atoms with Crippen LogP contribution in [0.25, 0.3) is 11.3 Å². The van der Waals surface area contributed by atoms with Crippen molar-refractivity contribution in [3.05, 3.63) is 47.2 Å². The van der Waals surface area contributed by atoms with Gasteiger partial charge in [0.2, 0.25) is 0 Å². The van der Waals surface area contributed by atoms with Crippen LogP contribution in [0.4, 0.5) is 0 Å². The number of carbonyl (C=O) groups is 2. The molecule has 0 aliphatic carbocycles. The van der Waals surface area contributed by atoms with Gasteiger partial charge in [0.1, 0.15) is 11.5 Å². The molecule has 0 bridgehead atoms. The van der Waals surface area contributed by atoms with Crippen LogP contribution in [-0.4, -0.2) is 43.9 Å². The van der Waals surface area contributed by atoms with Gasteiger partial charge < -0.3 is 24.3 Å². The Morgan fingerprint density at radius 1 is 1.12 bits per heavy atom.